The molecule has 0 aliphatic carbocycles. The molecule has 0 fully saturated rings. The van der Waals surface area contributed by atoms with Gasteiger partial charge < -0.3 is 24.6 Å². The molecule has 0 saturated heterocycles. The Labute approximate surface area is 276 Å². The van der Waals surface area contributed by atoms with Gasteiger partial charge in [-0.2, -0.15) is 0 Å². The summed E-state index contributed by atoms with van der Waals surface area (Å²) >= 11 is 0. The number of carbonyl (C=O) groups is 3. The van der Waals surface area contributed by atoms with Gasteiger partial charge >= 0.3 is 11.9 Å². The minimum Gasteiger partial charge on any atom is -0.550 e. The molecule has 45 heavy (non-hydrogen) atoms. The molecule has 0 aliphatic rings. The third-order valence-electron chi connectivity index (χ3n) is 9.20. The van der Waals surface area contributed by atoms with E-state index in [2.05, 4.69) is 19.1 Å². The smallest absolute Gasteiger partial charge is 0.303 e. The largest absolute Gasteiger partial charge is 0.550 e. The van der Waals surface area contributed by atoms with Crippen LogP contribution in [0.4, 0.5) is 0 Å². The number of hydrogen-bond donors (Lipinski definition) is 2. The van der Waals surface area contributed by atoms with Crippen LogP contribution in [0.15, 0.2) is 12.2 Å². The second-order valence-corrected chi connectivity index (χ2v) is 13.5. The van der Waals surface area contributed by atoms with E-state index in [1.165, 1.54) is 103 Å². The molecule has 0 radical (unpaired) electrons. The Morgan fingerprint density at radius 2 is 0.778 bits per heavy atom. The minimum atomic E-state index is -1.02. The van der Waals surface area contributed by atoms with Gasteiger partial charge in [0.05, 0.1) is 26.2 Å². The second kappa shape index (κ2) is 32.1. The first kappa shape index (κ1) is 43.1. The molecule has 2 N–H and O–H groups in total. The van der Waals surface area contributed by atoms with Crippen molar-refractivity contribution in [2.45, 2.75) is 187 Å². The van der Waals surface area contributed by atoms with E-state index in [1.54, 1.807) is 0 Å². The third-order valence-corrected chi connectivity index (χ3v) is 9.20. The predicted molar refractivity (Wildman–Crippen MR) is 184 cm³/mol. The summed E-state index contributed by atoms with van der Waals surface area (Å²) in [5.41, 5.74) is 0. The van der Waals surface area contributed by atoms with Crippen LogP contribution in [0.2, 0.25) is 0 Å². The number of carboxylic acid groups (broad SMARTS) is 3. The number of unbranched alkanes of at least 4 members (excludes halogenated alkanes) is 20. The summed E-state index contributed by atoms with van der Waals surface area (Å²) in [5.74, 6) is -2.57. The first-order valence-corrected chi connectivity index (χ1v) is 18.9. The van der Waals surface area contributed by atoms with E-state index in [0.717, 1.165) is 69.2 Å². The van der Waals surface area contributed by atoms with Gasteiger partial charge in [-0.1, -0.05) is 103 Å². The quantitative estimate of drug-likeness (QED) is 0.0402. The van der Waals surface area contributed by atoms with Gasteiger partial charge in [-0.05, 0) is 83.5 Å². The van der Waals surface area contributed by atoms with E-state index in [-0.39, 0.29) is 19.3 Å². The molecule has 0 aromatic carbocycles. The van der Waals surface area contributed by atoms with Crippen molar-refractivity contribution in [2.75, 3.05) is 26.2 Å². The number of aliphatic carboxylic acids is 3. The normalized spacial score (nSPS) is 11.8. The second-order valence-electron chi connectivity index (χ2n) is 13.5. The molecule has 0 spiro atoms. The Hall–Kier alpha value is -1.89. The van der Waals surface area contributed by atoms with Gasteiger partial charge in [0.25, 0.3) is 0 Å². The van der Waals surface area contributed by atoms with Gasteiger partial charge in [-0.25, -0.2) is 0 Å². The molecule has 0 atom stereocenters. The van der Waals surface area contributed by atoms with Gasteiger partial charge in [0, 0.05) is 18.8 Å². The maximum atomic E-state index is 11.0. The number of carboxylic acids is 3. The fourth-order valence-electron chi connectivity index (χ4n) is 6.41. The summed E-state index contributed by atoms with van der Waals surface area (Å²) in [6.45, 7) is 5.86. The van der Waals surface area contributed by atoms with E-state index < -0.39 is 17.9 Å². The fourth-order valence-corrected chi connectivity index (χ4v) is 6.41. The van der Waals surface area contributed by atoms with Crippen molar-refractivity contribution in [1.82, 2.24) is 0 Å². The van der Waals surface area contributed by atoms with E-state index >= 15 is 0 Å². The maximum absolute atomic E-state index is 11.0. The topological polar surface area (TPSA) is 115 Å². The SMILES string of the molecule is CCCCCCCCCCCCCCC/C=C/CCCCCC[N+](CCCCC(=O)[O-])(CCCCC(=O)O)CCCCC(=O)O. The van der Waals surface area contributed by atoms with Crippen LogP contribution in [-0.4, -0.2) is 58.8 Å². The Kier molecular flexibility index (Phi) is 30.7. The lowest BCUT2D eigenvalue weighted by atomic mass is 10.0. The third kappa shape index (κ3) is 31.9. The van der Waals surface area contributed by atoms with Gasteiger partial charge in [0.2, 0.25) is 0 Å². The van der Waals surface area contributed by atoms with Gasteiger partial charge in [0.15, 0.2) is 0 Å². The van der Waals surface area contributed by atoms with Crippen molar-refractivity contribution < 1.29 is 34.2 Å². The Morgan fingerprint density at radius 3 is 1.13 bits per heavy atom. The maximum Gasteiger partial charge on any atom is 0.303 e. The van der Waals surface area contributed by atoms with Crippen molar-refractivity contribution in [2.24, 2.45) is 0 Å². The summed E-state index contributed by atoms with van der Waals surface area (Å²) in [4.78, 5) is 33.0. The van der Waals surface area contributed by atoms with Gasteiger partial charge in [0.1, 0.15) is 0 Å². The molecular weight excluding hydrogens is 566 g/mol. The van der Waals surface area contributed by atoms with Crippen molar-refractivity contribution in [3.8, 4) is 0 Å². The highest BCUT2D eigenvalue weighted by molar-refractivity contribution is 5.66. The van der Waals surface area contributed by atoms with E-state index in [9.17, 15) is 19.5 Å². The van der Waals surface area contributed by atoms with E-state index in [0.29, 0.717) is 19.3 Å². The summed E-state index contributed by atoms with van der Waals surface area (Å²) in [5, 5.41) is 29.0. The van der Waals surface area contributed by atoms with Crippen molar-refractivity contribution in [3.05, 3.63) is 12.2 Å². The van der Waals surface area contributed by atoms with Gasteiger partial charge in [-0.15, -0.1) is 0 Å². The number of hydrogen-bond acceptors (Lipinski definition) is 4. The monoisotopic (exact) mass is 638 g/mol. The number of nitrogens with zero attached hydrogens (tertiary/aromatic N) is 1. The molecular formula is C38H71NO6. The first-order chi connectivity index (χ1) is 21.8. The number of quaternary nitrogens is 1. The van der Waals surface area contributed by atoms with Crippen molar-refractivity contribution in [1.29, 1.82) is 0 Å². The molecule has 0 bridgehead atoms. The molecule has 0 rings (SSSR count). The standard InChI is InChI=1S/C38H71NO6/c1-2-3-4-5-6-7-8-9-10-11-12-13-14-15-16-17-18-19-20-21-25-32-39(33-26-22-29-36(40)41,34-27-23-30-37(42)43)35-28-24-31-38(44)45/h16-17H,2-15,18-35H2,1H3,(H2-,40,41,42,43,44,45)/b17-16+. The molecule has 0 unspecified atom stereocenters. The molecule has 0 aliphatic heterocycles. The number of carbonyl (C=O) groups excluding carboxylic acids is 1. The zero-order chi connectivity index (χ0) is 33.3. The highest BCUT2D eigenvalue weighted by atomic mass is 16.4. The van der Waals surface area contributed by atoms with Crippen LogP contribution in [0.1, 0.15) is 187 Å². The molecule has 0 aromatic rings. The molecule has 0 amide bonds. The molecule has 0 saturated carbocycles. The van der Waals surface area contributed by atoms with Crippen LogP contribution >= 0.6 is 0 Å². The average molecular weight is 638 g/mol. The summed E-state index contributed by atoms with van der Waals surface area (Å²) < 4.78 is 0.839. The lowest BCUT2D eigenvalue weighted by Gasteiger charge is -2.39. The summed E-state index contributed by atoms with van der Waals surface area (Å²) in [6.07, 6.45) is 34.4. The first-order valence-electron chi connectivity index (χ1n) is 18.9. The lowest BCUT2D eigenvalue weighted by Crippen LogP contribution is -2.51. The number of allylic oxidation sites excluding steroid dienone is 2. The lowest BCUT2D eigenvalue weighted by molar-refractivity contribution is -0.929. The van der Waals surface area contributed by atoms with Crippen LogP contribution in [0, 0.1) is 0 Å². The molecule has 0 heterocycles. The van der Waals surface area contributed by atoms with Crippen LogP contribution < -0.4 is 5.11 Å². The summed E-state index contributed by atoms with van der Waals surface area (Å²) in [6, 6.07) is 0. The van der Waals surface area contributed by atoms with Crippen LogP contribution in [0.5, 0.6) is 0 Å². The van der Waals surface area contributed by atoms with Crippen LogP contribution in [0.3, 0.4) is 0 Å². The minimum absolute atomic E-state index is 0.0604. The summed E-state index contributed by atoms with van der Waals surface area (Å²) in [7, 11) is 0. The molecule has 264 valence electrons. The molecule has 7 nitrogen and oxygen atoms in total. The predicted octanol–water partition coefficient (Wildman–Crippen LogP) is 9.22. The Balaban J connectivity index is 4.24. The van der Waals surface area contributed by atoms with Crippen molar-refractivity contribution >= 4 is 17.9 Å². The Bertz CT molecular complexity index is 683. The zero-order valence-corrected chi connectivity index (χ0v) is 29.3. The van der Waals surface area contributed by atoms with Gasteiger partial charge in [-0.3, -0.25) is 9.59 Å². The van der Waals surface area contributed by atoms with Crippen LogP contribution in [0.25, 0.3) is 0 Å². The fraction of sp³-hybridized carbons (Fsp3) is 0.868. The molecule has 7 heteroatoms. The van der Waals surface area contributed by atoms with Crippen molar-refractivity contribution in [3.63, 3.8) is 0 Å². The Morgan fingerprint density at radius 1 is 0.467 bits per heavy atom. The van der Waals surface area contributed by atoms with E-state index in [1.807, 2.05) is 0 Å². The van der Waals surface area contributed by atoms with E-state index in [4.69, 9.17) is 10.2 Å². The molecule has 0 aromatic heterocycles. The number of rotatable bonds is 36. The highest BCUT2D eigenvalue weighted by Crippen LogP contribution is 2.19. The van der Waals surface area contributed by atoms with Crippen LogP contribution in [-0.2, 0) is 14.4 Å². The average Bonchev–Trinajstić information content (AvgIpc) is 3.00. The zero-order valence-electron chi connectivity index (χ0n) is 29.3. The highest BCUT2D eigenvalue weighted by Gasteiger charge is 2.26.